The summed E-state index contributed by atoms with van der Waals surface area (Å²) in [5.74, 6) is 3.06. The van der Waals surface area contributed by atoms with Crippen LogP contribution in [0.3, 0.4) is 0 Å². The molecule has 0 unspecified atom stereocenters. The Morgan fingerprint density at radius 2 is 1.77 bits per heavy atom. The summed E-state index contributed by atoms with van der Waals surface area (Å²) in [6.45, 7) is 0.738. The number of halogens is 2. The van der Waals surface area contributed by atoms with Crippen molar-refractivity contribution in [2.45, 2.75) is 57.3 Å². The van der Waals surface area contributed by atoms with Crippen LogP contribution in [0, 0.1) is 10.8 Å². The number of rotatable bonds is 8. The molecule has 3 aromatic heterocycles. The van der Waals surface area contributed by atoms with Crippen molar-refractivity contribution in [2.75, 3.05) is 13.7 Å². The van der Waals surface area contributed by atoms with Gasteiger partial charge in [0.1, 0.15) is 23.0 Å². The molecule has 4 aliphatic rings. The molecule has 0 atom stereocenters. The third kappa shape index (κ3) is 4.65. The van der Waals surface area contributed by atoms with Gasteiger partial charge in [-0.15, -0.1) is 0 Å². The highest BCUT2D eigenvalue weighted by Crippen LogP contribution is 2.58. The maximum Gasteiger partial charge on any atom is 0.147 e. The highest BCUT2D eigenvalue weighted by molar-refractivity contribution is 6.39. The van der Waals surface area contributed by atoms with Crippen LogP contribution in [0.4, 0.5) is 0 Å². The van der Waals surface area contributed by atoms with Gasteiger partial charge in [-0.1, -0.05) is 40.5 Å². The maximum absolute atomic E-state index is 6.51. The van der Waals surface area contributed by atoms with E-state index in [1.165, 1.54) is 0 Å². The van der Waals surface area contributed by atoms with Gasteiger partial charge in [0.2, 0.25) is 0 Å². The minimum Gasteiger partial charge on any atom is -0.496 e. The van der Waals surface area contributed by atoms with Crippen LogP contribution in [0.2, 0.25) is 10.0 Å². The molecule has 206 valence electrons. The Bertz CT molecular complexity index is 1570. The Balaban J connectivity index is 1.08. The minimum atomic E-state index is 0.185. The molecule has 0 radical (unpaired) electrons. The lowest BCUT2D eigenvalue weighted by Gasteiger charge is -2.52. The van der Waals surface area contributed by atoms with Crippen LogP contribution < -0.4 is 9.47 Å². The van der Waals surface area contributed by atoms with E-state index in [4.69, 9.17) is 37.2 Å². The molecule has 8 heteroatoms. The first-order valence-electron chi connectivity index (χ1n) is 14.0. The van der Waals surface area contributed by atoms with Crippen molar-refractivity contribution in [3.05, 3.63) is 70.3 Å². The SMILES string of the molecule is COc1ccnc2ccc(OCC34CCC(/C=C/c5c(-c6c(Cl)cncc6Cl)noc5C5CC5)(CC3)CC4)cc12. The Morgan fingerprint density at radius 3 is 2.48 bits per heavy atom. The molecule has 0 N–H and O–H groups in total. The number of ether oxygens (including phenoxy) is 2. The third-order valence-corrected chi connectivity index (χ3v) is 9.87. The summed E-state index contributed by atoms with van der Waals surface area (Å²) < 4.78 is 17.8. The van der Waals surface area contributed by atoms with Gasteiger partial charge in [-0.25, -0.2) is 0 Å². The van der Waals surface area contributed by atoms with Gasteiger partial charge in [-0.2, -0.15) is 0 Å². The van der Waals surface area contributed by atoms with Gasteiger partial charge in [0, 0.05) is 46.4 Å². The van der Waals surface area contributed by atoms with E-state index in [-0.39, 0.29) is 10.8 Å². The number of pyridine rings is 2. The number of aromatic nitrogens is 3. The number of hydrogen-bond donors (Lipinski definition) is 0. The standard InChI is InChI=1S/C32H31Cl2N3O3/c1-38-27-7-15-36-26-5-4-21(16-23(26)27)39-19-32-12-9-31(10-13-32,11-14-32)8-6-22-29(37-40-30(22)20-2-3-20)28-24(33)17-35-18-25(28)34/h4-8,15-18,20H,2-3,9-14,19H2,1H3/b8-6+. The molecule has 4 aromatic rings. The highest BCUT2D eigenvalue weighted by atomic mass is 35.5. The summed E-state index contributed by atoms with van der Waals surface area (Å²) in [7, 11) is 1.69. The van der Waals surface area contributed by atoms with Crippen LogP contribution in [-0.4, -0.2) is 28.8 Å². The zero-order valence-electron chi connectivity index (χ0n) is 22.5. The second-order valence-electron chi connectivity index (χ2n) is 11.7. The van der Waals surface area contributed by atoms with Gasteiger partial charge in [0.15, 0.2) is 0 Å². The van der Waals surface area contributed by atoms with E-state index in [0.29, 0.717) is 27.2 Å². The highest BCUT2D eigenvalue weighted by Gasteiger charge is 2.48. The van der Waals surface area contributed by atoms with Crippen LogP contribution in [0.1, 0.15) is 68.6 Å². The monoisotopic (exact) mass is 575 g/mol. The molecule has 4 fully saturated rings. The summed E-state index contributed by atoms with van der Waals surface area (Å²) >= 11 is 13.0. The van der Waals surface area contributed by atoms with Gasteiger partial charge < -0.3 is 14.0 Å². The van der Waals surface area contributed by atoms with Gasteiger partial charge in [0.05, 0.1) is 29.3 Å². The summed E-state index contributed by atoms with van der Waals surface area (Å²) in [6, 6.07) is 7.95. The first-order chi connectivity index (χ1) is 19.5. The van der Waals surface area contributed by atoms with E-state index in [9.17, 15) is 0 Å². The first kappa shape index (κ1) is 25.8. The number of allylic oxidation sites excluding steroid dienone is 1. The molecule has 8 rings (SSSR count). The smallest absolute Gasteiger partial charge is 0.147 e. The van der Waals surface area contributed by atoms with Gasteiger partial charge in [-0.3, -0.25) is 9.97 Å². The Labute approximate surface area is 243 Å². The molecule has 3 heterocycles. The van der Waals surface area contributed by atoms with Crippen molar-refractivity contribution in [3.63, 3.8) is 0 Å². The zero-order chi connectivity index (χ0) is 27.3. The van der Waals surface area contributed by atoms with Crippen LogP contribution in [-0.2, 0) is 0 Å². The second-order valence-corrected chi connectivity index (χ2v) is 12.6. The van der Waals surface area contributed by atoms with Crippen molar-refractivity contribution in [1.82, 2.24) is 15.1 Å². The van der Waals surface area contributed by atoms with Gasteiger partial charge >= 0.3 is 0 Å². The molecule has 2 bridgehead atoms. The number of hydrogen-bond acceptors (Lipinski definition) is 6. The maximum atomic E-state index is 6.51. The van der Waals surface area contributed by atoms with E-state index in [1.54, 1.807) is 25.7 Å². The molecular formula is C32H31Cl2N3O3. The molecule has 0 saturated heterocycles. The lowest BCUT2D eigenvalue weighted by molar-refractivity contribution is -0.0122. The molecule has 1 aromatic carbocycles. The molecule has 0 spiro atoms. The van der Waals surface area contributed by atoms with Crippen molar-refractivity contribution in [1.29, 1.82) is 0 Å². The average molecular weight is 577 g/mol. The molecule has 4 saturated carbocycles. The lowest BCUT2D eigenvalue weighted by atomic mass is 9.54. The van der Waals surface area contributed by atoms with Crippen molar-refractivity contribution >= 4 is 40.2 Å². The fourth-order valence-corrected chi connectivity index (χ4v) is 7.10. The minimum absolute atomic E-state index is 0.185. The summed E-state index contributed by atoms with van der Waals surface area (Å²) in [4.78, 5) is 8.55. The molecule has 6 nitrogen and oxygen atoms in total. The number of methoxy groups -OCH3 is 1. The predicted octanol–water partition coefficient (Wildman–Crippen LogP) is 8.91. The third-order valence-electron chi connectivity index (χ3n) is 9.30. The molecule has 4 aliphatic carbocycles. The summed E-state index contributed by atoms with van der Waals surface area (Å²) in [5.41, 5.74) is 3.74. The number of nitrogens with zero attached hydrogens (tertiary/aromatic N) is 3. The van der Waals surface area contributed by atoms with Crippen LogP contribution in [0.5, 0.6) is 11.5 Å². The molecule has 0 amide bonds. The quantitative estimate of drug-likeness (QED) is 0.209. The van der Waals surface area contributed by atoms with E-state index >= 15 is 0 Å². The van der Waals surface area contributed by atoms with E-state index < -0.39 is 0 Å². The predicted molar refractivity (Wildman–Crippen MR) is 157 cm³/mol. The fraction of sp³-hybridized carbons (Fsp3) is 0.406. The second kappa shape index (κ2) is 10.1. The van der Waals surface area contributed by atoms with Crippen LogP contribution >= 0.6 is 23.2 Å². The normalized spacial score (nSPS) is 24.2. The summed E-state index contributed by atoms with van der Waals surface area (Å²) in [6.07, 6.45) is 18.8. The number of fused-ring (bicyclic) bond motifs is 4. The van der Waals surface area contributed by atoms with E-state index in [0.717, 1.165) is 91.7 Å². The van der Waals surface area contributed by atoms with Crippen molar-refractivity contribution < 1.29 is 14.0 Å². The van der Waals surface area contributed by atoms with Crippen LogP contribution in [0.25, 0.3) is 28.2 Å². The van der Waals surface area contributed by atoms with Crippen molar-refractivity contribution in [3.8, 4) is 22.8 Å². The number of benzene rings is 1. The van der Waals surface area contributed by atoms with Crippen molar-refractivity contribution in [2.24, 2.45) is 10.8 Å². The Morgan fingerprint density at radius 1 is 1.02 bits per heavy atom. The van der Waals surface area contributed by atoms with E-state index in [2.05, 4.69) is 27.3 Å². The molecular weight excluding hydrogens is 545 g/mol. The first-order valence-corrected chi connectivity index (χ1v) is 14.8. The van der Waals surface area contributed by atoms with Gasteiger partial charge in [-0.05, 0) is 81.0 Å². The fourth-order valence-electron chi connectivity index (χ4n) is 6.55. The Kier molecular flexibility index (Phi) is 6.51. The Hall–Kier alpha value is -3.09. The van der Waals surface area contributed by atoms with Crippen LogP contribution in [0.15, 0.2) is 53.5 Å². The lowest BCUT2D eigenvalue weighted by Crippen LogP contribution is -2.43. The largest absolute Gasteiger partial charge is 0.496 e. The van der Waals surface area contributed by atoms with E-state index in [1.807, 2.05) is 24.3 Å². The molecule has 40 heavy (non-hydrogen) atoms. The average Bonchev–Trinajstić information content (AvgIpc) is 3.75. The zero-order valence-corrected chi connectivity index (χ0v) is 24.0. The summed E-state index contributed by atoms with van der Waals surface area (Å²) in [5, 5.41) is 6.38. The topological polar surface area (TPSA) is 70.3 Å². The van der Waals surface area contributed by atoms with Gasteiger partial charge in [0.25, 0.3) is 0 Å². The molecule has 0 aliphatic heterocycles.